The first kappa shape index (κ1) is 10.7. The molecule has 0 saturated carbocycles. The fraction of sp³-hybridized carbons (Fsp3) is 0.556. The Balaban J connectivity index is 2.67. The van der Waals surface area contributed by atoms with Crippen molar-refractivity contribution in [2.24, 2.45) is 0 Å². The number of amides is 1. The fourth-order valence-electron chi connectivity index (χ4n) is 1.46. The lowest BCUT2D eigenvalue weighted by Crippen LogP contribution is -2.62. The van der Waals surface area contributed by atoms with Crippen molar-refractivity contribution in [3.63, 3.8) is 0 Å². The van der Waals surface area contributed by atoms with Gasteiger partial charge in [-0.15, -0.1) is 0 Å². The van der Waals surface area contributed by atoms with Gasteiger partial charge in [0.2, 0.25) is 0 Å². The van der Waals surface area contributed by atoms with E-state index in [1.54, 1.807) is 24.2 Å². The van der Waals surface area contributed by atoms with E-state index in [9.17, 15) is 4.79 Å². The number of rotatable bonds is 2. The summed E-state index contributed by atoms with van der Waals surface area (Å²) in [5.41, 5.74) is 0. The van der Waals surface area contributed by atoms with E-state index in [0.717, 1.165) is 6.54 Å². The molecule has 0 bridgehead atoms. The summed E-state index contributed by atoms with van der Waals surface area (Å²) >= 11 is 0. The van der Waals surface area contributed by atoms with Crippen molar-refractivity contribution in [3.05, 3.63) is 12.3 Å². The van der Waals surface area contributed by atoms with Crippen LogP contribution in [0.2, 0.25) is 0 Å². The third-order valence-electron chi connectivity index (χ3n) is 2.12. The van der Waals surface area contributed by atoms with E-state index in [0.29, 0.717) is 12.4 Å². The standard InChI is InChI=1S/C9H16N4O/c1-7-5-12-6-9(14)13(7)8(10)3-4-11-2/h3-4,7,10-12H,5-6H2,1-2H3/p+1/b4-3-,10-8?/t7-/m0/s1. The molecule has 0 radical (unpaired) electrons. The zero-order valence-electron chi connectivity index (χ0n) is 8.58. The maximum absolute atomic E-state index is 11.5. The number of nitrogens with zero attached hydrogens (tertiary/aromatic N) is 1. The van der Waals surface area contributed by atoms with Gasteiger partial charge in [0, 0.05) is 25.9 Å². The minimum atomic E-state index is 0.0157. The summed E-state index contributed by atoms with van der Waals surface area (Å²) in [6.45, 7) is 3.10. The van der Waals surface area contributed by atoms with Gasteiger partial charge in [0.25, 0.3) is 5.84 Å². The van der Waals surface area contributed by atoms with E-state index in [2.05, 4.69) is 10.6 Å². The third-order valence-corrected chi connectivity index (χ3v) is 2.12. The number of nitrogens with two attached hydrogens (primary N) is 1. The highest BCUT2D eigenvalue weighted by molar-refractivity contribution is 6.02. The van der Waals surface area contributed by atoms with Gasteiger partial charge in [-0.25, -0.2) is 4.79 Å². The molecule has 1 amide bonds. The number of hydrogen-bond donors (Lipinski definition) is 3. The van der Waals surface area contributed by atoms with Crippen LogP contribution in [-0.2, 0) is 4.79 Å². The molecular weight excluding hydrogens is 180 g/mol. The Morgan fingerprint density at radius 3 is 3.07 bits per heavy atom. The van der Waals surface area contributed by atoms with E-state index in [1.807, 2.05) is 6.92 Å². The number of amidine groups is 1. The summed E-state index contributed by atoms with van der Waals surface area (Å²) in [6.07, 6.45) is 3.40. The van der Waals surface area contributed by atoms with Crippen LogP contribution < -0.4 is 16.0 Å². The predicted molar refractivity (Wildman–Crippen MR) is 54.3 cm³/mol. The zero-order chi connectivity index (χ0) is 10.6. The van der Waals surface area contributed by atoms with Crippen LogP contribution in [0.15, 0.2) is 12.3 Å². The Hall–Kier alpha value is -1.36. The molecule has 0 aromatic carbocycles. The van der Waals surface area contributed by atoms with Crippen molar-refractivity contribution in [2.45, 2.75) is 13.0 Å². The Morgan fingerprint density at radius 1 is 1.79 bits per heavy atom. The average molecular weight is 197 g/mol. The van der Waals surface area contributed by atoms with Gasteiger partial charge in [0.05, 0.1) is 6.54 Å². The van der Waals surface area contributed by atoms with E-state index < -0.39 is 0 Å². The molecule has 1 saturated heterocycles. The van der Waals surface area contributed by atoms with E-state index in [1.165, 1.54) is 0 Å². The van der Waals surface area contributed by atoms with Gasteiger partial charge >= 0.3 is 5.91 Å². The minimum absolute atomic E-state index is 0.0157. The molecule has 4 N–H and O–H groups in total. The lowest BCUT2D eigenvalue weighted by Gasteiger charge is -2.26. The van der Waals surface area contributed by atoms with Gasteiger partial charge < -0.3 is 10.6 Å². The molecular formula is C9H17N4O+. The van der Waals surface area contributed by atoms with Crippen LogP contribution in [-0.4, -0.2) is 42.8 Å². The van der Waals surface area contributed by atoms with Crippen molar-refractivity contribution < 1.29 is 10.2 Å². The Kier molecular flexibility index (Phi) is 3.64. The second-order valence-electron chi connectivity index (χ2n) is 3.29. The summed E-state index contributed by atoms with van der Waals surface area (Å²) < 4.78 is 0. The van der Waals surface area contributed by atoms with Gasteiger partial charge in [-0.3, -0.25) is 5.41 Å². The molecule has 1 heterocycles. The normalized spacial score (nSPS) is 22.9. The van der Waals surface area contributed by atoms with Crippen LogP contribution in [0.3, 0.4) is 0 Å². The summed E-state index contributed by atoms with van der Waals surface area (Å²) in [4.78, 5) is 13.1. The molecule has 14 heavy (non-hydrogen) atoms. The molecule has 0 aromatic heterocycles. The molecule has 1 aliphatic heterocycles. The zero-order valence-corrected chi connectivity index (χ0v) is 8.58. The van der Waals surface area contributed by atoms with Gasteiger partial charge in [-0.2, -0.15) is 4.90 Å². The molecule has 5 nitrogen and oxygen atoms in total. The first-order valence-corrected chi connectivity index (χ1v) is 4.66. The second-order valence-corrected chi connectivity index (χ2v) is 3.29. The molecule has 0 unspecified atom stereocenters. The Bertz CT molecular complexity index is 262. The van der Waals surface area contributed by atoms with Crippen LogP contribution >= 0.6 is 0 Å². The van der Waals surface area contributed by atoms with E-state index in [4.69, 9.17) is 5.41 Å². The van der Waals surface area contributed by atoms with Gasteiger partial charge in [-0.1, -0.05) is 0 Å². The highest BCUT2D eigenvalue weighted by Crippen LogP contribution is 2.03. The second kappa shape index (κ2) is 4.76. The molecule has 1 rings (SSSR count). The summed E-state index contributed by atoms with van der Waals surface area (Å²) in [5, 5.41) is 11.6. The van der Waals surface area contributed by atoms with Crippen molar-refractivity contribution in [3.8, 4) is 0 Å². The van der Waals surface area contributed by atoms with Gasteiger partial charge in [0.1, 0.15) is 6.04 Å². The maximum atomic E-state index is 11.5. The molecule has 0 aliphatic carbocycles. The van der Waals surface area contributed by atoms with E-state index >= 15 is 0 Å². The number of carbonyl (C=O) groups is 1. The monoisotopic (exact) mass is 197 g/mol. The molecule has 5 heteroatoms. The smallest absolute Gasteiger partial charge is 0.323 e. The first-order chi connectivity index (χ1) is 6.66. The Morgan fingerprint density at radius 2 is 2.50 bits per heavy atom. The van der Waals surface area contributed by atoms with Crippen LogP contribution in [0.4, 0.5) is 0 Å². The number of piperazine rings is 1. The molecule has 78 valence electrons. The lowest BCUT2D eigenvalue weighted by molar-refractivity contribution is -0.145. The predicted octanol–water partition coefficient (Wildman–Crippen LogP) is -2.30. The van der Waals surface area contributed by atoms with E-state index in [-0.39, 0.29) is 11.9 Å². The van der Waals surface area contributed by atoms with Crippen molar-refractivity contribution in [1.82, 2.24) is 15.5 Å². The highest BCUT2D eigenvalue weighted by atomic mass is 16.2. The van der Waals surface area contributed by atoms with Gasteiger partial charge in [-0.05, 0) is 6.92 Å². The third kappa shape index (κ3) is 2.32. The molecule has 1 aliphatic rings. The molecule has 1 fully saturated rings. The van der Waals surface area contributed by atoms with Crippen LogP contribution in [0.25, 0.3) is 0 Å². The topological polar surface area (TPSA) is 70.0 Å². The largest absolute Gasteiger partial charge is 0.394 e. The fourth-order valence-corrected chi connectivity index (χ4v) is 1.46. The van der Waals surface area contributed by atoms with Crippen LogP contribution in [0, 0.1) is 0 Å². The number of hydrogen-bond acceptors (Lipinski definition) is 3. The first-order valence-electron chi connectivity index (χ1n) is 4.66. The summed E-state index contributed by atoms with van der Waals surface area (Å²) in [7, 11) is 1.78. The number of carbonyl (C=O) groups excluding carboxylic acids is 1. The molecule has 0 aromatic rings. The van der Waals surface area contributed by atoms with Crippen molar-refractivity contribution in [1.29, 1.82) is 0 Å². The number of nitrogens with one attached hydrogen (secondary N) is 2. The Labute approximate surface area is 83.7 Å². The summed E-state index contributed by atoms with van der Waals surface area (Å²) in [5.74, 6) is 0.500. The molecule has 1 atom stereocenters. The molecule has 0 spiro atoms. The minimum Gasteiger partial charge on any atom is -0.394 e. The van der Waals surface area contributed by atoms with Crippen LogP contribution in [0.1, 0.15) is 6.92 Å². The van der Waals surface area contributed by atoms with Crippen LogP contribution in [0.5, 0.6) is 0 Å². The van der Waals surface area contributed by atoms with Crippen molar-refractivity contribution >= 4 is 11.7 Å². The average Bonchev–Trinajstić information content (AvgIpc) is 2.14. The van der Waals surface area contributed by atoms with Crippen molar-refractivity contribution in [2.75, 3.05) is 20.1 Å². The SMILES string of the molecule is CN/C=C\C(=[NH2+])N1C(=O)CNC[C@@H]1C. The highest BCUT2D eigenvalue weighted by Gasteiger charge is 2.33. The quantitative estimate of drug-likeness (QED) is 0.344. The lowest BCUT2D eigenvalue weighted by atomic mass is 10.2. The maximum Gasteiger partial charge on any atom is 0.323 e. The summed E-state index contributed by atoms with van der Waals surface area (Å²) in [6, 6.07) is 0.109. The van der Waals surface area contributed by atoms with Gasteiger partial charge in [0.15, 0.2) is 0 Å².